The van der Waals surface area contributed by atoms with Gasteiger partial charge < -0.3 is 15.4 Å². The first-order chi connectivity index (χ1) is 7.90. The second-order valence-electron chi connectivity index (χ2n) is 6.38. The number of carbonyl (C=O) groups excluding carboxylic acids is 1. The van der Waals surface area contributed by atoms with Crippen molar-refractivity contribution in [2.75, 3.05) is 19.6 Å². The van der Waals surface area contributed by atoms with E-state index in [-0.39, 0.29) is 6.09 Å². The van der Waals surface area contributed by atoms with Crippen molar-refractivity contribution in [3.8, 4) is 0 Å². The Balaban J connectivity index is 1.96. The zero-order valence-electron chi connectivity index (χ0n) is 11.1. The maximum absolute atomic E-state index is 12.0. The Morgan fingerprint density at radius 1 is 1.29 bits per heavy atom. The number of nitrogens with two attached hydrogens (primary N) is 1. The zero-order valence-corrected chi connectivity index (χ0v) is 11.1. The fraction of sp³-hybridized carbons (Fsp3) is 0.923. The van der Waals surface area contributed by atoms with Crippen LogP contribution in [0.3, 0.4) is 0 Å². The van der Waals surface area contributed by atoms with E-state index in [1.54, 1.807) is 0 Å². The van der Waals surface area contributed by atoms with Crippen LogP contribution in [0.4, 0.5) is 4.79 Å². The molecule has 1 aliphatic heterocycles. The molecule has 0 spiro atoms. The predicted octanol–water partition coefficient (Wildman–Crippen LogP) is 1.84. The molecule has 1 unspecified atom stereocenters. The van der Waals surface area contributed by atoms with Crippen LogP contribution < -0.4 is 5.73 Å². The van der Waals surface area contributed by atoms with Gasteiger partial charge in [0.25, 0.3) is 0 Å². The van der Waals surface area contributed by atoms with Crippen molar-refractivity contribution < 1.29 is 9.53 Å². The van der Waals surface area contributed by atoms with Gasteiger partial charge in [-0.2, -0.15) is 0 Å². The standard InChI is InChI=1S/C13H24N2O2/c1-13(2,3)17-12(16)15-7-9-4-5-10(8-15)11(9)6-14/h9-11H,4-8,14H2,1-3H3/t9-,10+,11?. The maximum atomic E-state index is 12.0. The van der Waals surface area contributed by atoms with Crippen molar-refractivity contribution in [2.45, 2.75) is 39.2 Å². The van der Waals surface area contributed by atoms with Gasteiger partial charge in [0.1, 0.15) is 5.60 Å². The fourth-order valence-electron chi connectivity index (χ4n) is 3.20. The molecule has 2 fully saturated rings. The number of ether oxygens (including phenoxy) is 1. The second-order valence-corrected chi connectivity index (χ2v) is 6.38. The second kappa shape index (κ2) is 4.48. The van der Waals surface area contributed by atoms with E-state index < -0.39 is 5.60 Å². The third kappa shape index (κ3) is 2.73. The number of rotatable bonds is 1. The third-order valence-electron chi connectivity index (χ3n) is 3.95. The highest BCUT2D eigenvalue weighted by atomic mass is 16.6. The molecule has 0 radical (unpaired) electrons. The molecule has 2 N–H and O–H groups in total. The summed E-state index contributed by atoms with van der Waals surface area (Å²) in [5.41, 5.74) is 5.41. The van der Waals surface area contributed by atoms with Crippen LogP contribution in [0.15, 0.2) is 0 Å². The molecule has 0 aromatic rings. The molecule has 1 heterocycles. The summed E-state index contributed by atoms with van der Waals surface area (Å²) in [6.07, 6.45) is 2.27. The van der Waals surface area contributed by atoms with E-state index in [2.05, 4.69) is 0 Å². The molecule has 2 rings (SSSR count). The SMILES string of the molecule is CC(C)(C)OC(=O)N1C[C@H]2CC[C@@H](C1)C2CN. The fourth-order valence-corrected chi connectivity index (χ4v) is 3.20. The van der Waals surface area contributed by atoms with Crippen molar-refractivity contribution in [3.05, 3.63) is 0 Å². The molecule has 4 nitrogen and oxygen atoms in total. The smallest absolute Gasteiger partial charge is 0.410 e. The van der Waals surface area contributed by atoms with Crippen LogP contribution in [0, 0.1) is 17.8 Å². The highest BCUT2D eigenvalue weighted by Crippen LogP contribution is 2.41. The lowest BCUT2D eigenvalue weighted by molar-refractivity contribution is 0.00865. The molecular formula is C13H24N2O2. The molecule has 1 aliphatic carbocycles. The number of hydrogen-bond donors (Lipinski definition) is 1. The van der Waals surface area contributed by atoms with Gasteiger partial charge in [-0.25, -0.2) is 4.79 Å². The largest absolute Gasteiger partial charge is 0.444 e. The summed E-state index contributed by atoms with van der Waals surface area (Å²) in [6, 6.07) is 0. The van der Waals surface area contributed by atoms with Gasteiger partial charge in [-0.15, -0.1) is 0 Å². The number of likely N-dealkylation sites (tertiary alicyclic amines) is 1. The van der Waals surface area contributed by atoms with Crippen LogP contribution in [-0.4, -0.2) is 36.2 Å². The first kappa shape index (κ1) is 12.7. The van der Waals surface area contributed by atoms with E-state index in [0.29, 0.717) is 17.8 Å². The van der Waals surface area contributed by atoms with Crippen molar-refractivity contribution >= 4 is 6.09 Å². The van der Waals surface area contributed by atoms with Gasteiger partial charge in [-0.1, -0.05) is 0 Å². The summed E-state index contributed by atoms with van der Waals surface area (Å²) in [6.45, 7) is 8.14. The number of fused-ring (bicyclic) bond motifs is 2. The number of piperidine rings is 1. The molecule has 4 heteroatoms. The molecule has 1 saturated heterocycles. The minimum Gasteiger partial charge on any atom is -0.444 e. The lowest BCUT2D eigenvalue weighted by Gasteiger charge is -2.38. The molecule has 3 atom stereocenters. The van der Waals surface area contributed by atoms with Crippen LogP contribution in [0.25, 0.3) is 0 Å². The van der Waals surface area contributed by atoms with Gasteiger partial charge >= 0.3 is 6.09 Å². The minimum atomic E-state index is -0.402. The summed E-state index contributed by atoms with van der Waals surface area (Å²) in [5, 5.41) is 0. The van der Waals surface area contributed by atoms with Crippen molar-refractivity contribution in [3.63, 3.8) is 0 Å². The van der Waals surface area contributed by atoms with Crippen molar-refractivity contribution in [1.82, 2.24) is 4.90 Å². The minimum absolute atomic E-state index is 0.162. The van der Waals surface area contributed by atoms with Crippen LogP contribution in [0.1, 0.15) is 33.6 Å². The topological polar surface area (TPSA) is 55.6 Å². The summed E-state index contributed by atoms with van der Waals surface area (Å²) >= 11 is 0. The first-order valence-electron chi connectivity index (χ1n) is 6.58. The molecule has 1 saturated carbocycles. The highest BCUT2D eigenvalue weighted by Gasteiger charge is 2.43. The van der Waals surface area contributed by atoms with Gasteiger partial charge in [0, 0.05) is 13.1 Å². The van der Waals surface area contributed by atoms with Crippen molar-refractivity contribution in [1.29, 1.82) is 0 Å². The maximum Gasteiger partial charge on any atom is 0.410 e. The molecule has 98 valence electrons. The number of carbonyl (C=O) groups is 1. The van der Waals surface area contributed by atoms with Crippen LogP contribution in [0.2, 0.25) is 0 Å². The Hall–Kier alpha value is -0.770. The Labute approximate surface area is 103 Å². The molecule has 1 amide bonds. The highest BCUT2D eigenvalue weighted by molar-refractivity contribution is 5.68. The molecule has 2 aliphatic rings. The Morgan fingerprint density at radius 3 is 2.24 bits per heavy atom. The first-order valence-corrected chi connectivity index (χ1v) is 6.58. The van der Waals surface area contributed by atoms with E-state index in [4.69, 9.17) is 10.5 Å². The van der Waals surface area contributed by atoms with Crippen LogP contribution >= 0.6 is 0 Å². The quantitative estimate of drug-likeness (QED) is 0.761. The normalized spacial score (nSPS) is 32.7. The Bertz CT molecular complexity index is 284. The van der Waals surface area contributed by atoms with E-state index in [9.17, 15) is 4.79 Å². The van der Waals surface area contributed by atoms with Gasteiger partial charge in [0.2, 0.25) is 0 Å². The predicted molar refractivity (Wildman–Crippen MR) is 66.6 cm³/mol. The monoisotopic (exact) mass is 240 g/mol. The lowest BCUT2D eigenvalue weighted by Crippen LogP contribution is -2.48. The lowest BCUT2D eigenvalue weighted by atomic mass is 9.85. The molecule has 0 aromatic heterocycles. The van der Waals surface area contributed by atoms with Crippen molar-refractivity contribution in [2.24, 2.45) is 23.5 Å². The van der Waals surface area contributed by atoms with Crippen LogP contribution in [0.5, 0.6) is 0 Å². The summed E-state index contributed by atoms with van der Waals surface area (Å²) in [4.78, 5) is 13.9. The zero-order chi connectivity index (χ0) is 12.6. The Morgan fingerprint density at radius 2 is 1.82 bits per heavy atom. The summed E-state index contributed by atoms with van der Waals surface area (Å²) < 4.78 is 5.43. The third-order valence-corrected chi connectivity index (χ3v) is 3.95. The Kier molecular flexibility index (Phi) is 3.34. The van der Waals surface area contributed by atoms with Crippen LogP contribution in [-0.2, 0) is 4.74 Å². The van der Waals surface area contributed by atoms with E-state index >= 15 is 0 Å². The number of hydrogen-bond acceptors (Lipinski definition) is 3. The van der Waals surface area contributed by atoms with Gasteiger partial charge in [0.15, 0.2) is 0 Å². The number of nitrogens with zero attached hydrogens (tertiary/aromatic N) is 1. The summed E-state index contributed by atoms with van der Waals surface area (Å²) in [7, 11) is 0. The summed E-state index contributed by atoms with van der Waals surface area (Å²) in [5.74, 6) is 1.80. The van der Waals surface area contributed by atoms with Gasteiger partial charge in [0.05, 0.1) is 0 Å². The van der Waals surface area contributed by atoms with E-state index in [1.807, 2.05) is 25.7 Å². The average Bonchev–Trinajstić information content (AvgIpc) is 2.44. The van der Waals surface area contributed by atoms with Gasteiger partial charge in [-0.05, 0) is 57.9 Å². The van der Waals surface area contributed by atoms with E-state index in [1.165, 1.54) is 12.8 Å². The molecule has 0 aromatic carbocycles. The number of amides is 1. The van der Waals surface area contributed by atoms with Gasteiger partial charge in [-0.3, -0.25) is 0 Å². The van der Waals surface area contributed by atoms with E-state index in [0.717, 1.165) is 19.6 Å². The average molecular weight is 240 g/mol. The molecule has 17 heavy (non-hydrogen) atoms. The molecule has 2 bridgehead atoms. The molecular weight excluding hydrogens is 216 g/mol.